The van der Waals surface area contributed by atoms with Crippen molar-refractivity contribution in [2.45, 2.75) is 19.6 Å². The fourth-order valence-electron chi connectivity index (χ4n) is 3.11. The first-order chi connectivity index (χ1) is 12.7. The molecule has 0 saturated carbocycles. The molecule has 5 nitrogen and oxygen atoms in total. The highest BCUT2D eigenvalue weighted by atomic mass is 16.5. The molecule has 1 aliphatic heterocycles. The maximum Gasteiger partial charge on any atom is 0.317 e. The van der Waals surface area contributed by atoms with Gasteiger partial charge in [-0.25, -0.2) is 4.79 Å². The fraction of sp³-hybridized carbons (Fsp3) is 0.333. The number of urea groups is 1. The van der Waals surface area contributed by atoms with Crippen LogP contribution in [-0.4, -0.2) is 30.6 Å². The average molecular weight is 349 g/mol. The first-order valence-electron chi connectivity index (χ1n) is 8.88. The first kappa shape index (κ1) is 18.0. The zero-order chi connectivity index (χ0) is 18.2. The molecule has 2 aromatic carbocycles. The normalized spacial score (nSPS) is 16.3. The lowest BCUT2D eigenvalue weighted by atomic mass is 10.1. The molecule has 1 fully saturated rings. The van der Waals surface area contributed by atoms with E-state index in [0.29, 0.717) is 31.2 Å². The minimum absolute atomic E-state index is 0.0575. The summed E-state index contributed by atoms with van der Waals surface area (Å²) in [5.41, 5.74) is 2.70. The van der Waals surface area contributed by atoms with E-state index < -0.39 is 0 Å². The number of hydrogen-bond acceptors (Lipinski definition) is 3. The van der Waals surface area contributed by atoms with E-state index in [1.165, 1.54) is 5.56 Å². The van der Waals surface area contributed by atoms with Gasteiger partial charge < -0.3 is 15.0 Å². The molecule has 0 spiro atoms. The van der Waals surface area contributed by atoms with Crippen LogP contribution in [0.4, 0.5) is 4.79 Å². The summed E-state index contributed by atoms with van der Waals surface area (Å²) in [6.07, 6.45) is 0.964. The van der Waals surface area contributed by atoms with Crippen molar-refractivity contribution in [1.29, 1.82) is 5.26 Å². The number of amides is 2. The molecule has 0 bridgehead atoms. The predicted molar refractivity (Wildman–Crippen MR) is 99.2 cm³/mol. The molecule has 134 valence electrons. The van der Waals surface area contributed by atoms with E-state index in [2.05, 4.69) is 23.5 Å². The molecule has 1 unspecified atom stereocenters. The number of carbonyl (C=O) groups is 1. The quantitative estimate of drug-likeness (QED) is 0.870. The number of likely N-dealkylation sites (tertiary alicyclic amines) is 1. The van der Waals surface area contributed by atoms with Crippen molar-refractivity contribution in [2.75, 3.05) is 19.7 Å². The summed E-state index contributed by atoms with van der Waals surface area (Å²) in [6, 6.07) is 19.5. The van der Waals surface area contributed by atoms with Crippen molar-refractivity contribution in [2.24, 2.45) is 5.92 Å². The van der Waals surface area contributed by atoms with E-state index >= 15 is 0 Å². The maximum absolute atomic E-state index is 12.3. The highest BCUT2D eigenvalue weighted by molar-refractivity contribution is 5.74. The Morgan fingerprint density at radius 2 is 2.00 bits per heavy atom. The highest BCUT2D eigenvalue weighted by Gasteiger charge is 2.26. The topological polar surface area (TPSA) is 65.4 Å². The summed E-state index contributed by atoms with van der Waals surface area (Å²) in [4.78, 5) is 14.2. The number of rotatable bonds is 6. The molecule has 26 heavy (non-hydrogen) atoms. The van der Waals surface area contributed by atoms with Crippen molar-refractivity contribution < 1.29 is 9.53 Å². The van der Waals surface area contributed by atoms with Crippen molar-refractivity contribution in [3.63, 3.8) is 0 Å². The summed E-state index contributed by atoms with van der Waals surface area (Å²) in [6.45, 7) is 3.18. The second kappa shape index (κ2) is 9.02. The zero-order valence-corrected chi connectivity index (χ0v) is 14.7. The second-order valence-electron chi connectivity index (χ2n) is 6.57. The Morgan fingerprint density at radius 3 is 2.81 bits per heavy atom. The Morgan fingerprint density at radius 1 is 1.19 bits per heavy atom. The van der Waals surface area contributed by atoms with Crippen LogP contribution in [0, 0.1) is 17.2 Å². The smallest absolute Gasteiger partial charge is 0.317 e. The van der Waals surface area contributed by atoms with Crippen LogP contribution in [0.5, 0.6) is 0 Å². The molecule has 1 aliphatic rings. The Bertz CT molecular complexity index is 770. The lowest BCUT2D eigenvalue weighted by molar-refractivity contribution is 0.0897. The number of carbonyl (C=O) groups excluding carboxylic acids is 1. The van der Waals surface area contributed by atoms with Crippen molar-refractivity contribution in [3.8, 4) is 6.07 Å². The molecular formula is C21H23N3O2. The van der Waals surface area contributed by atoms with Crippen LogP contribution >= 0.6 is 0 Å². The minimum Gasteiger partial charge on any atom is -0.376 e. The SMILES string of the molecule is N#Cc1cccc(CNC(=O)N2CCC(COCc3ccccc3)C2)c1. The molecule has 1 atom stereocenters. The summed E-state index contributed by atoms with van der Waals surface area (Å²) >= 11 is 0. The van der Waals surface area contributed by atoms with Crippen LogP contribution < -0.4 is 5.32 Å². The molecule has 5 heteroatoms. The van der Waals surface area contributed by atoms with Gasteiger partial charge in [0.05, 0.1) is 24.8 Å². The number of nitrogens with one attached hydrogen (secondary N) is 1. The second-order valence-corrected chi connectivity index (χ2v) is 6.57. The van der Waals surface area contributed by atoms with E-state index in [0.717, 1.165) is 25.1 Å². The third kappa shape index (κ3) is 5.08. The molecule has 0 radical (unpaired) electrons. The number of nitriles is 1. The van der Waals surface area contributed by atoms with Gasteiger partial charge >= 0.3 is 6.03 Å². The van der Waals surface area contributed by atoms with Crippen molar-refractivity contribution >= 4 is 6.03 Å². The van der Waals surface area contributed by atoms with E-state index in [4.69, 9.17) is 10.00 Å². The minimum atomic E-state index is -0.0575. The molecule has 2 amide bonds. The Labute approximate surface area is 154 Å². The molecule has 1 saturated heterocycles. The van der Waals surface area contributed by atoms with Crippen LogP contribution in [0.25, 0.3) is 0 Å². The molecule has 0 aliphatic carbocycles. The van der Waals surface area contributed by atoms with Gasteiger partial charge in [-0.15, -0.1) is 0 Å². The maximum atomic E-state index is 12.3. The van der Waals surface area contributed by atoms with Crippen LogP contribution in [-0.2, 0) is 17.9 Å². The lowest BCUT2D eigenvalue weighted by Crippen LogP contribution is -2.38. The van der Waals surface area contributed by atoms with Gasteiger partial charge in [-0.05, 0) is 29.7 Å². The molecule has 1 N–H and O–H groups in total. The van der Waals surface area contributed by atoms with Gasteiger partial charge in [0.25, 0.3) is 0 Å². The average Bonchev–Trinajstić information content (AvgIpc) is 3.16. The Balaban J connectivity index is 1.39. The molecular weight excluding hydrogens is 326 g/mol. The monoisotopic (exact) mass is 349 g/mol. The lowest BCUT2D eigenvalue weighted by Gasteiger charge is -2.17. The number of hydrogen-bond donors (Lipinski definition) is 1. The summed E-state index contributed by atoms with van der Waals surface area (Å²) in [7, 11) is 0. The van der Waals surface area contributed by atoms with E-state index in [9.17, 15) is 4.79 Å². The van der Waals surface area contributed by atoms with Crippen molar-refractivity contribution in [3.05, 3.63) is 71.3 Å². The van der Waals surface area contributed by atoms with Crippen LogP contribution in [0.3, 0.4) is 0 Å². The number of benzene rings is 2. The molecule has 1 heterocycles. The van der Waals surface area contributed by atoms with Crippen molar-refractivity contribution in [1.82, 2.24) is 10.2 Å². The molecule has 0 aromatic heterocycles. The fourth-order valence-corrected chi connectivity index (χ4v) is 3.11. The predicted octanol–water partition coefficient (Wildman–Crippen LogP) is 3.31. The van der Waals surface area contributed by atoms with Gasteiger partial charge in [0.2, 0.25) is 0 Å². The summed E-state index contributed by atoms with van der Waals surface area (Å²) in [5.74, 6) is 0.381. The largest absolute Gasteiger partial charge is 0.376 e. The Hall–Kier alpha value is -2.84. The van der Waals surface area contributed by atoms with Gasteiger partial charge in [0, 0.05) is 25.6 Å². The van der Waals surface area contributed by atoms with Gasteiger partial charge in [0.15, 0.2) is 0 Å². The van der Waals surface area contributed by atoms with E-state index in [1.54, 1.807) is 12.1 Å². The highest BCUT2D eigenvalue weighted by Crippen LogP contribution is 2.17. The van der Waals surface area contributed by atoms with Gasteiger partial charge in [-0.3, -0.25) is 0 Å². The van der Waals surface area contributed by atoms with Gasteiger partial charge in [-0.1, -0.05) is 42.5 Å². The van der Waals surface area contributed by atoms with Crippen LogP contribution in [0.1, 0.15) is 23.1 Å². The number of ether oxygens (including phenoxy) is 1. The van der Waals surface area contributed by atoms with Gasteiger partial charge in [0.1, 0.15) is 0 Å². The number of nitrogens with zero attached hydrogens (tertiary/aromatic N) is 2. The molecule has 3 rings (SSSR count). The van der Waals surface area contributed by atoms with Crippen LogP contribution in [0.2, 0.25) is 0 Å². The zero-order valence-electron chi connectivity index (χ0n) is 14.7. The molecule has 2 aromatic rings. The van der Waals surface area contributed by atoms with Gasteiger partial charge in [-0.2, -0.15) is 5.26 Å². The van der Waals surface area contributed by atoms with Crippen LogP contribution in [0.15, 0.2) is 54.6 Å². The standard InChI is InChI=1S/C21H23N3O2/c22-12-18-7-4-8-19(11-18)13-23-21(25)24-10-9-20(14-24)16-26-15-17-5-2-1-3-6-17/h1-8,11,20H,9-10,13-16H2,(H,23,25). The third-order valence-corrected chi connectivity index (χ3v) is 4.54. The first-order valence-corrected chi connectivity index (χ1v) is 8.88. The van der Waals surface area contributed by atoms with E-state index in [1.807, 2.05) is 35.2 Å². The third-order valence-electron chi connectivity index (χ3n) is 4.54. The summed E-state index contributed by atoms with van der Waals surface area (Å²) < 4.78 is 5.80. The summed E-state index contributed by atoms with van der Waals surface area (Å²) in [5, 5.41) is 11.9. The Kier molecular flexibility index (Phi) is 6.24. The van der Waals surface area contributed by atoms with E-state index in [-0.39, 0.29) is 6.03 Å².